The molecule has 0 heterocycles. The molecule has 5 nitrogen and oxygen atoms in total. The van der Waals surface area contributed by atoms with Gasteiger partial charge in [0.05, 0.1) is 17.2 Å². The average molecular weight is 317 g/mol. The van der Waals surface area contributed by atoms with Crippen LogP contribution >= 0.6 is 15.9 Å². The summed E-state index contributed by atoms with van der Waals surface area (Å²) in [6.45, 7) is 4.95. The minimum atomic E-state index is 0.0605. The first-order chi connectivity index (χ1) is 8.54. The smallest absolute Gasteiger partial charge is 0.170 e. The van der Waals surface area contributed by atoms with E-state index in [9.17, 15) is 0 Å². The van der Waals surface area contributed by atoms with Crippen LogP contribution in [0.2, 0.25) is 0 Å². The molecule has 0 aliphatic heterocycles. The van der Waals surface area contributed by atoms with Crippen LogP contribution in [-0.4, -0.2) is 30.4 Å². The topological polar surface area (TPSA) is 77.1 Å². The molecule has 6 heteroatoms. The first-order valence-corrected chi connectivity index (χ1v) is 6.35. The Balaban J connectivity index is 2.58. The average Bonchev–Trinajstić information content (AvgIpc) is 2.34. The van der Waals surface area contributed by atoms with Crippen molar-refractivity contribution < 1.29 is 14.7 Å². The second-order valence-corrected chi connectivity index (χ2v) is 4.75. The summed E-state index contributed by atoms with van der Waals surface area (Å²) in [5.74, 6) is 0.752. The molecule has 0 amide bonds. The monoisotopic (exact) mass is 316 g/mol. The van der Waals surface area contributed by atoms with E-state index in [-0.39, 0.29) is 11.9 Å². The molecular weight excluding hydrogens is 300 g/mol. The highest BCUT2D eigenvalue weighted by Crippen LogP contribution is 2.25. The van der Waals surface area contributed by atoms with Crippen molar-refractivity contribution in [3.8, 4) is 5.75 Å². The maximum absolute atomic E-state index is 8.57. The Labute approximate surface area is 115 Å². The SMILES string of the molecule is CC(C)OCCOc1ccc(/C(N)=N/O)cc1Br. The van der Waals surface area contributed by atoms with Gasteiger partial charge in [-0.1, -0.05) is 5.16 Å². The van der Waals surface area contributed by atoms with Crippen LogP contribution in [0.15, 0.2) is 27.8 Å². The molecule has 1 aromatic carbocycles. The zero-order valence-corrected chi connectivity index (χ0v) is 12.0. The minimum absolute atomic E-state index is 0.0605. The van der Waals surface area contributed by atoms with Crippen molar-refractivity contribution in [3.63, 3.8) is 0 Å². The van der Waals surface area contributed by atoms with Crippen molar-refractivity contribution in [1.29, 1.82) is 0 Å². The van der Waals surface area contributed by atoms with E-state index in [1.54, 1.807) is 18.2 Å². The van der Waals surface area contributed by atoms with Crippen molar-refractivity contribution in [3.05, 3.63) is 28.2 Å². The molecular formula is C12H17BrN2O3. The first kappa shape index (κ1) is 14.8. The summed E-state index contributed by atoms with van der Waals surface area (Å²) in [5.41, 5.74) is 6.11. The number of oxime groups is 1. The van der Waals surface area contributed by atoms with E-state index in [2.05, 4.69) is 21.1 Å². The summed E-state index contributed by atoms with van der Waals surface area (Å²) in [4.78, 5) is 0. The zero-order chi connectivity index (χ0) is 13.5. The standard InChI is InChI=1S/C12H17BrN2O3/c1-8(2)17-5-6-18-11-4-3-9(7-10(11)13)12(14)15-16/h3-4,7-8,16H,5-6H2,1-2H3,(H2,14,15). The molecule has 0 unspecified atom stereocenters. The van der Waals surface area contributed by atoms with E-state index >= 15 is 0 Å². The maximum Gasteiger partial charge on any atom is 0.170 e. The number of hydrogen-bond donors (Lipinski definition) is 2. The predicted molar refractivity (Wildman–Crippen MR) is 73.2 cm³/mol. The Morgan fingerprint density at radius 3 is 2.72 bits per heavy atom. The van der Waals surface area contributed by atoms with E-state index in [1.807, 2.05) is 13.8 Å². The Morgan fingerprint density at radius 2 is 2.17 bits per heavy atom. The van der Waals surface area contributed by atoms with Gasteiger partial charge in [0.25, 0.3) is 0 Å². The van der Waals surface area contributed by atoms with Crippen molar-refractivity contribution in [2.75, 3.05) is 13.2 Å². The third-order valence-electron chi connectivity index (χ3n) is 2.13. The van der Waals surface area contributed by atoms with Gasteiger partial charge in [0.15, 0.2) is 5.84 Å². The molecule has 3 N–H and O–H groups in total. The van der Waals surface area contributed by atoms with Crippen LogP contribution in [0, 0.1) is 0 Å². The molecule has 0 aliphatic rings. The van der Waals surface area contributed by atoms with Crippen LogP contribution in [0.3, 0.4) is 0 Å². The zero-order valence-electron chi connectivity index (χ0n) is 10.4. The van der Waals surface area contributed by atoms with Gasteiger partial charge in [-0.2, -0.15) is 0 Å². The lowest BCUT2D eigenvalue weighted by molar-refractivity contribution is 0.0551. The normalized spacial score (nSPS) is 11.9. The molecule has 0 fully saturated rings. The molecule has 100 valence electrons. The van der Waals surface area contributed by atoms with Gasteiger partial charge < -0.3 is 20.4 Å². The molecule has 0 atom stereocenters. The van der Waals surface area contributed by atoms with E-state index < -0.39 is 0 Å². The number of ether oxygens (including phenoxy) is 2. The Morgan fingerprint density at radius 1 is 1.44 bits per heavy atom. The third kappa shape index (κ3) is 4.54. The van der Waals surface area contributed by atoms with Crippen molar-refractivity contribution in [1.82, 2.24) is 0 Å². The summed E-state index contributed by atoms with van der Waals surface area (Å²) < 4.78 is 11.7. The van der Waals surface area contributed by atoms with E-state index in [0.29, 0.717) is 24.5 Å². The molecule has 0 bridgehead atoms. The lowest BCUT2D eigenvalue weighted by Crippen LogP contribution is -2.14. The van der Waals surface area contributed by atoms with E-state index in [0.717, 1.165) is 4.47 Å². The van der Waals surface area contributed by atoms with Gasteiger partial charge in [0.2, 0.25) is 0 Å². The van der Waals surface area contributed by atoms with Crippen LogP contribution < -0.4 is 10.5 Å². The predicted octanol–water partition coefficient (Wildman–Crippen LogP) is 2.35. The number of benzene rings is 1. The van der Waals surface area contributed by atoms with Crippen molar-refractivity contribution >= 4 is 21.8 Å². The van der Waals surface area contributed by atoms with E-state index in [1.165, 1.54) is 0 Å². The van der Waals surface area contributed by atoms with Crippen LogP contribution in [0.5, 0.6) is 5.75 Å². The molecule has 0 saturated heterocycles. The van der Waals surface area contributed by atoms with Gasteiger partial charge >= 0.3 is 0 Å². The molecule has 0 aromatic heterocycles. The van der Waals surface area contributed by atoms with E-state index in [4.69, 9.17) is 20.4 Å². The van der Waals surface area contributed by atoms with Gasteiger partial charge in [-0.25, -0.2) is 0 Å². The molecule has 18 heavy (non-hydrogen) atoms. The second-order valence-electron chi connectivity index (χ2n) is 3.90. The van der Waals surface area contributed by atoms with Gasteiger partial charge in [-0.3, -0.25) is 0 Å². The van der Waals surface area contributed by atoms with Gasteiger partial charge in [-0.15, -0.1) is 0 Å². The summed E-state index contributed by atoms with van der Waals surface area (Å²) in [6, 6.07) is 5.21. The molecule has 1 aromatic rings. The first-order valence-electron chi connectivity index (χ1n) is 5.56. The van der Waals surface area contributed by atoms with Crippen LogP contribution in [0.1, 0.15) is 19.4 Å². The molecule has 0 aliphatic carbocycles. The molecule has 0 radical (unpaired) electrons. The molecule has 0 spiro atoms. The third-order valence-corrected chi connectivity index (χ3v) is 2.75. The number of hydrogen-bond acceptors (Lipinski definition) is 4. The highest BCUT2D eigenvalue weighted by atomic mass is 79.9. The van der Waals surface area contributed by atoms with Gasteiger partial charge in [-0.05, 0) is 48.0 Å². The lowest BCUT2D eigenvalue weighted by atomic mass is 10.2. The Hall–Kier alpha value is -1.27. The van der Waals surface area contributed by atoms with Crippen molar-refractivity contribution in [2.45, 2.75) is 20.0 Å². The number of nitrogens with zero attached hydrogens (tertiary/aromatic N) is 1. The van der Waals surface area contributed by atoms with Crippen LogP contribution in [-0.2, 0) is 4.74 Å². The Bertz CT molecular complexity index is 422. The summed E-state index contributed by atoms with van der Waals surface area (Å²) in [7, 11) is 0. The Kier molecular flexibility index (Phi) is 5.94. The van der Waals surface area contributed by atoms with Crippen molar-refractivity contribution in [2.24, 2.45) is 10.9 Å². The summed E-state index contributed by atoms with van der Waals surface area (Å²) >= 11 is 3.37. The lowest BCUT2D eigenvalue weighted by Gasteiger charge is -2.11. The fraction of sp³-hybridized carbons (Fsp3) is 0.417. The minimum Gasteiger partial charge on any atom is -0.490 e. The number of rotatable bonds is 6. The highest BCUT2D eigenvalue weighted by molar-refractivity contribution is 9.10. The number of nitrogens with two attached hydrogens (primary N) is 1. The largest absolute Gasteiger partial charge is 0.490 e. The fourth-order valence-corrected chi connectivity index (χ4v) is 1.76. The maximum atomic E-state index is 8.57. The van der Waals surface area contributed by atoms with Crippen LogP contribution in [0.25, 0.3) is 0 Å². The number of amidine groups is 1. The quantitative estimate of drug-likeness (QED) is 0.278. The summed E-state index contributed by atoms with van der Waals surface area (Å²) in [5, 5.41) is 11.5. The highest BCUT2D eigenvalue weighted by Gasteiger charge is 2.05. The van der Waals surface area contributed by atoms with Gasteiger partial charge in [0.1, 0.15) is 12.4 Å². The second kappa shape index (κ2) is 7.23. The number of halogens is 1. The summed E-state index contributed by atoms with van der Waals surface area (Å²) in [6.07, 6.45) is 0.194. The molecule has 0 saturated carbocycles. The molecule has 1 rings (SSSR count). The van der Waals surface area contributed by atoms with Gasteiger partial charge in [0, 0.05) is 5.56 Å². The fourth-order valence-electron chi connectivity index (χ4n) is 1.27. The van der Waals surface area contributed by atoms with Crippen LogP contribution in [0.4, 0.5) is 0 Å².